The number of fused-ring (bicyclic) bond motifs is 1. The molecule has 1 amide bonds. The molecular weight excluding hydrogens is 376 g/mol. The van der Waals surface area contributed by atoms with Crippen LogP contribution in [0.3, 0.4) is 0 Å². The molecule has 0 saturated carbocycles. The van der Waals surface area contributed by atoms with Crippen molar-refractivity contribution >= 4 is 33.0 Å². The Balaban J connectivity index is 1.61. The van der Waals surface area contributed by atoms with E-state index in [1.807, 2.05) is 0 Å². The predicted molar refractivity (Wildman–Crippen MR) is 97.2 cm³/mol. The van der Waals surface area contributed by atoms with E-state index in [4.69, 9.17) is 0 Å². The smallest absolute Gasteiger partial charge is 0.275 e. The summed E-state index contributed by atoms with van der Waals surface area (Å²) in [5.74, 6) is -1.96. The summed E-state index contributed by atoms with van der Waals surface area (Å²) >= 11 is 1.22. The highest BCUT2D eigenvalue weighted by molar-refractivity contribution is 7.20. The summed E-state index contributed by atoms with van der Waals surface area (Å²) in [6, 6.07) is 3.81. The average molecular weight is 391 g/mol. The number of rotatable bonds is 3. The highest BCUT2D eigenvalue weighted by Gasteiger charge is 2.33. The van der Waals surface area contributed by atoms with Crippen molar-refractivity contribution in [1.29, 1.82) is 0 Å². The number of hydrogen-bond donors (Lipinski definition) is 1. The number of carbonyl (C=O) groups excluding carboxylic acids is 1. The predicted octanol–water partition coefficient (Wildman–Crippen LogP) is 2.35. The van der Waals surface area contributed by atoms with Crippen molar-refractivity contribution in [3.63, 3.8) is 0 Å². The first-order valence-corrected chi connectivity index (χ1v) is 9.14. The van der Waals surface area contributed by atoms with Gasteiger partial charge in [-0.1, -0.05) is 11.3 Å². The molecule has 2 aromatic heterocycles. The van der Waals surface area contributed by atoms with Crippen molar-refractivity contribution in [2.75, 3.05) is 16.8 Å². The fraction of sp³-hybridized carbons (Fsp3) is 0.294. The Bertz CT molecular complexity index is 1100. The van der Waals surface area contributed by atoms with E-state index in [1.165, 1.54) is 28.0 Å². The maximum atomic E-state index is 13.8. The third-order valence-corrected chi connectivity index (χ3v) is 5.30. The molecule has 1 fully saturated rings. The molecule has 1 aromatic carbocycles. The van der Waals surface area contributed by atoms with Crippen LogP contribution in [0.15, 0.2) is 29.1 Å². The van der Waals surface area contributed by atoms with E-state index in [0.29, 0.717) is 28.8 Å². The van der Waals surface area contributed by atoms with E-state index in [0.717, 1.165) is 18.6 Å². The molecule has 3 aromatic rings. The van der Waals surface area contributed by atoms with Gasteiger partial charge in [0.15, 0.2) is 0 Å². The SMILES string of the molecule is Cc1cc(=O)n2nc(N3CCC[C@@H]3C(=O)Nc3ccc(F)cc3F)sc2n1. The first-order chi connectivity index (χ1) is 12.9. The van der Waals surface area contributed by atoms with Gasteiger partial charge in [0, 0.05) is 24.4 Å². The molecule has 27 heavy (non-hydrogen) atoms. The van der Waals surface area contributed by atoms with E-state index in [-0.39, 0.29) is 11.2 Å². The zero-order chi connectivity index (χ0) is 19.1. The first kappa shape index (κ1) is 17.5. The molecule has 3 heterocycles. The monoisotopic (exact) mass is 391 g/mol. The molecule has 4 rings (SSSR count). The minimum absolute atomic E-state index is 0.0777. The third kappa shape index (κ3) is 3.27. The first-order valence-electron chi connectivity index (χ1n) is 8.32. The molecule has 0 aliphatic carbocycles. The number of halogens is 2. The van der Waals surface area contributed by atoms with Gasteiger partial charge in [-0.2, -0.15) is 4.52 Å². The summed E-state index contributed by atoms with van der Waals surface area (Å²) in [6.07, 6.45) is 1.31. The topological polar surface area (TPSA) is 79.6 Å². The van der Waals surface area contributed by atoms with Crippen molar-refractivity contribution in [3.8, 4) is 0 Å². The lowest BCUT2D eigenvalue weighted by atomic mass is 10.2. The zero-order valence-electron chi connectivity index (χ0n) is 14.3. The van der Waals surface area contributed by atoms with Gasteiger partial charge in [0.2, 0.25) is 16.0 Å². The lowest BCUT2D eigenvalue weighted by Crippen LogP contribution is -2.40. The van der Waals surface area contributed by atoms with Crippen LogP contribution in [0.5, 0.6) is 0 Å². The molecule has 7 nitrogen and oxygen atoms in total. The second kappa shape index (κ2) is 6.69. The van der Waals surface area contributed by atoms with Crippen molar-refractivity contribution in [3.05, 3.63) is 51.9 Å². The van der Waals surface area contributed by atoms with Crippen molar-refractivity contribution in [2.45, 2.75) is 25.8 Å². The van der Waals surface area contributed by atoms with Crippen LogP contribution in [0.2, 0.25) is 0 Å². The quantitative estimate of drug-likeness (QED) is 0.741. The normalized spacial score (nSPS) is 16.9. The lowest BCUT2D eigenvalue weighted by molar-refractivity contribution is -0.117. The van der Waals surface area contributed by atoms with E-state index in [1.54, 1.807) is 11.8 Å². The molecule has 10 heteroatoms. The van der Waals surface area contributed by atoms with Gasteiger partial charge in [-0.15, -0.1) is 5.10 Å². The lowest BCUT2D eigenvalue weighted by Gasteiger charge is -2.22. The summed E-state index contributed by atoms with van der Waals surface area (Å²) in [5, 5.41) is 7.29. The standard InChI is InChI=1S/C17H15F2N5O2S/c1-9-7-14(25)24-16(20-9)27-17(22-24)23-6-2-3-13(23)15(26)21-12-5-4-10(18)8-11(12)19/h4-5,7-8,13H,2-3,6H2,1H3,(H,21,26)/t13-/m1/s1. The molecule has 1 saturated heterocycles. The molecule has 0 unspecified atom stereocenters. The largest absolute Gasteiger partial charge is 0.335 e. The van der Waals surface area contributed by atoms with Crippen LogP contribution >= 0.6 is 11.3 Å². The Labute approximate surface area is 156 Å². The number of carbonyl (C=O) groups is 1. The van der Waals surface area contributed by atoms with Gasteiger partial charge in [-0.25, -0.2) is 13.8 Å². The maximum Gasteiger partial charge on any atom is 0.275 e. The fourth-order valence-corrected chi connectivity index (χ4v) is 4.13. The Morgan fingerprint density at radius 1 is 1.33 bits per heavy atom. The Kier molecular flexibility index (Phi) is 4.34. The number of nitrogens with one attached hydrogen (secondary N) is 1. The molecular formula is C17H15F2N5O2S. The maximum absolute atomic E-state index is 13.8. The van der Waals surface area contributed by atoms with Gasteiger partial charge in [0.05, 0.1) is 5.69 Å². The summed E-state index contributed by atoms with van der Waals surface area (Å²) in [5.41, 5.74) is 0.234. The number of aromatic nitrogens is 3. The van der Waals surface area contributed by atoms with E-state index < -0.39 is 23.6 Å². The third-order valence-electron chi connectivity index (χ3n) is 4.35. The molecule has 0 radical (unpaired) electrons. The number of benzene rings is 1. The Morgan fingerprint density at radius 3 is 2.93 bits per heavy atom. The van der Waals surface area contributed by atoms with Crippen molar-refractivity contribution in [2.24, 2.45) is 0 Å². The van der Waals surface area contributed by atoms with Gasteiger partial charge in [-0.3, -0.25) is 9.59 Å². The zero-order valence-corrected chi connectivity index (χ0v) is 15.1. The van der Waals surface area contributed by atoms with Crippen molar-refractivity contribution < 1.29 is 13.6 Å². The van der Waals surface area contributed by atoms with E-state index in [9.17, 15) is 18.4 Å². The van der Waals surface area contributed by atoms with Crippen molar-refractivity contribution in [1.82, 2.24) is 14.6 Å². The molecule has 0 spiro atoms. The van der Waals surface area contributed by atoms with Gasteiger partial charge < -0.3 is 10.2 Å². The van der Waals surface area contributed by atoms with Gasteiger partial charge in [0.25, 0.3) is 5.56 Å². The average Bonchev–Trinajstić information content (AvgIpc) is 3.23. The van der Waals surface area contributed by atoms with Gasteiger partial charge in [-0.05, 0) is 31.9 Å². The molecule has 140 valence electrons. The van der Waals surface area contributed by atoms with Gasteiger partial charge in [0.1, 0.15) is 17.7 Å². The van der Waals surface area contributed by atoms with Crippen LogP contribution in [-0.4, -0.2) is 33.1 Å². The summed E-state index contributed by atoms with van der Waals surface area (Å²) in [6.45, 7) is 2.31. The molecule has 1 atom stereocenters. The minimum atomic E-state index is -0.834. The number of anilines is 2. The van der Waals surface area contributed by atoms with Crippen LogP contribution in [-0.2, 0) is 4.79 Å². The summed E-state index contributed by atoms with van der Waals surface area (Å²) in [7, 11) is 0. The number of nitrogens with zero attached hydrogens (tertiary/aromatic N) is 4. The minimum Gasteiger partial charge on any atom is -0.335 e. The second-order valence-electron chi connectivity index (χ2n) is 6.28. The van der Waals surface area contributed by atoms with Crippen LogP contribution in [0, 0.1) is 18.6 Å². The second-order valence-corrected chi connectivity index (χ2v) is 7.21. The molecule has 1 N–H and O–H groups in total. The fourth-order valence-electron chi connectivity index (χ4n) is 3.10. The molecule has 0 bridgehead atoms. The van der Waals surface area contributed by atoms with Crippen LogP contribution < -0.4 is 15.8 Å². The van der Waals surface area contributed by atoms with Crippen LogP contribution in [0.4, 0.5) is 19.6 Å². The van der Waals surface area contributed by atoms with Crippen LogP contribution in [0.25, 0.3) is 4.96 Å². The Hall–Kier alpha value is -2.88. The van der Waals surface area contributed by atoms with E-state index in [2.05, 4.69) is 15.4 Å². The Morgan fingerprint density at radius 2 is 2.15 bits per heavy atom. The summed E-state index contributed by atoms with van der Waals surface area (Å²) < 4.78 is 28.1. The summed E-state index contributed by atoms with van der Waals surface area (Å²) in [4.78, 5) is 31.2. The number of hydrogen-bond acceptors (Lipinski definition) is 6. The van der Waals surface area contributed by atoms with Crippen LogP contribution in [0.1, 0.15) is 18.5 Å². The van der Waals surface area contributed by atoms with E-state index >= 15 is 0 Å². The number of amides is 1. The highest BCUT2D eigenvalue weighted by atomic mass is 32.1. The van der Waals surface area contributed by atoms with Gasteiger partial charge >= 0.3 is 0 Å². The molecule has 1 aliphatic rings. The number of aryl methyl sites for hydroxylation is 1. The molecule has 1 aliphatic heterocycles. The highest BCUT2D eigenvalue weighted by Crippen LogP contribution is 2.30.